The predicted octanol–water partition coefficient (Wildman–Crippen LogP) is 1.89. The van der Waals surface area contributed by atoms with Gasteiger partial charge in [-0.05, 0) is 54.2 Å². The molecule has 0 spiro atoms. The molecule has 0 saturated carbocycles. The number of aromatic nitrogens is 5. The van der Waals surface area contributed by atoms with Crippen LogP contribution in [-0.2, 0) is 12.8 Å². The van der Waals surface area contributed by atoms with E-state index in [1.807, 2.05) is 0 Å². The van der Waals surface area contributed by atoms with E-state index < -0.39 is 0 Å². The molecule has 0 amide bonds. The van der Waals surface area contributed by atoms with E-state index in [0.29, 0.717) is 11.7 Å². The molecule has 90 valence electrons. The van der Waals surface area contributed by atoms with E-state index in [0.717, 1.165) is 23.9 Å². The van der Waals surface area contributed by atoms with Crippen LogP contribution >= 0.6 is 0 Å². The second-order valence-electron chi connectivity index (χ2n) is 4.55. The van der Waals surface area contributed by atoms with Gasteiger partial charge in [-0.1, -0.05) is 0 Å². The zero-order chi connectivity index (χ0) is 11.9. The summed E-state index contributed by atoms with van der Waals surface area (Å²) in [6.45, 7) is 0. The number of aromatic amines is 1. The lowest BCUT2D eigenvalue weighted by Crippen LogP contribution is -2.01. The van der Waals surface area contributed by atoms with Crippen LogP contribution in [0.25, 0.3) is 22.8 Å². The second kappa shape index (κ2) is 3.63. The first kappa shape index (κ1) is 9.76. The number of aryl methyl sites for hydroxylation is 2. The fourth-order valence-electron chi connectivity index (χ4n) is 2.50. The fraction of sp³-hybridized carbons (Fsp3) is 0.333. The Labute approximate surface area is 102 Å². The smallest absolute Gasteiger partial charge is 0.269 e. The van der Waals surface area contributed by atoms with E-state index in [9.17, 15) is 0 Å². The molecule has 2 heterocycles. The maximum Gasteiger partial charge on any atom is 0.269 e. The number of fused-ring (bicyclic) bond motifs is 2. The highest BCUT2D eigenvalue weighted by Gasteiger charge is 2.16. The van der Waals surface area contributed by atoms with Gasteiger partial charge in [0.2, 0.25) is 0 Å². The third kappa shape index (κ3) is 1.42. The number of oxazole rings is 1. The minimum atomic E-state index is 0.393. The van der Waals surface area contributed by atoms with Crippen molar-refractivity contribution in [2.45, 2.75) is 25.7 Å². The van der Waals surface area contributed by atoms with Gasteiger partial charge in [0.15, 0.2) is 5.58 Å². The summed E-state index contributed by atoms with van der Waals surface area (Å²) < 4.78 is 5.68. The van der Waals surface area contributed by atoms with Gasteiger partial charge in [0.05, 0.1) is 0 Å². The van der Waals surface area contributed by atoms with Gasteiger partial charge in [-0.25, -0.2) is 4.98 Å². The van der Waals surface area contributed by atoms with Crippen LogP contribution in [0.5, 0.6) is 0 Å². The number of tetrazole rings is 1. The Bertz CT molecular complexity index is 658. The Morgan fingerprint density at radius 1 is 1.11 bits per heavy atom. The molecular formula is C12H11N5O. The Morgan fingerprint density at radius 2 is 1.94 bits per heavy atom. The zero-order valence-corrected chi connectivity index (χ0v) is 9.68. The van der Waals surface area contributed by atoms with E-state index in [2.05, 4.69) is 37.7 Å². The zero-order valence-electron chi connectivity index (χ0n) is 9.68. The summed E-state index contributed by atoms with van der Waals surface area (Å²) >= 11 is 0. The Morgan fingerprint density at radius 3 is 2.72 bits per heavy atom. The van der Waals surface area contributed by atoms with Crippen molar-refractivity contribution >= 4 is 11.1 Å². The summed E-state index contributed by atoms with van der Waals surface area (Å²) in [4.78, 5) is 4.41. The van der Waals surface area contributed by atoms with Crippen LogP contribution in [-0.4, -0.2) is 25.6 Å². The normalized spacial score (nSPS) is 14.9. The monoisotopic (exact) mass is 241 g/mol. The molecule has 1 N–H and O–H groups in total. The number of nitrogens with one attached hydrogen (secondary N) is 1. The highest BCUT2D eigenvalue weighted by atomic mass is 16.3. The first-order chi connectivity index (χ1) is 8.90. The minimum Gasteiger partial charge on any atom is -0.433 e. The van der Waals surface area contributed by atoms with Crippen LogP contribution in [0.15, 0.2) is 16.5 Å². The molecule has 0 aliphatic heterocycles. The molecule has 0 bridgehead atoms. The van der Waals surface area contributed by atoms with Crippen molar-refractivity contribution in [3.05, 3.63) is 23.3 Å². The number of hydrogen-bond acceptors (Lipinski definition) is 5. The topological polar surface area (TPSA) is 80.5 Å². The third-order valence-corrected chi connectivity index (χ3v) is 3.39. The standard InChI is InChI=1S/C12H11N5O/c1-2-4-8-6-10-9(5-7(8)3-1)13-12(18-10)11-14-16-17-15-11/h5-6H,1-4H2,(H,14,15,16,17). The molecule has 0 radical (unpaired) electrons. The molecule has 0 atom stereocenters. The quantitative estimate of drug-likeness (QED) is 0.703. The molecule has 0 unspecified atom stereocenters. The molecular weight excluding hydrogens is 230 g/mol. The van der Waals surface area contributed by atoms with Crippen LogP contribution in [0.4, 0.5) is 0 Å². The van der Waals surface area contributed by atoms with Gasteiger partial charge >= 0.3 is 0 Å². The van der Waals surface area contributed by atoms with E-state index >= 15 is 0 Å². The van der Waals surface area contributed by atoms with Gasteiger partial charge in [-0.15, -0.1) is 10.2 Å². The average Bonchev–Trinajstić information content (AvgIpc) is 3.04. The highest BCUT2D eigenvalue weighted by Crippen LogP contribution is 2.28. The van der Waals surface area contributed by atoms with Crippen molar-refractivity contribution in [1.29, 1.82) is 0 Å². The first-order valence-electron chi connectivity index (χ1n) is 6.06. The van der Waals surface area contributed by atoms with Gasteiger partial charge in [-0.3, -0.25) is 0 Å². The highest BCUT2D eigenvalue weighted by molar-refractivity contribution is 5.77. The van der Waals surface area contributed by atoms with Gasteiger partial charge in [0.25, 0.3) is 11.7 Å². The molecule has 0 saturated heterocycles. The number of nitrogens with zero attached hydrogens (tertiary/aromatic N) is 4. The largest absolute Gasteiger partial charge is 0.433 e. The van der Waals surface area contributed by atoms with Crippen molar-refractivity contribution in [3.8, 4) is 11.7 Å². The number of rotatable bonds is 1. The van der Waals surface area contributed by atoms with E-state index in [1.54, 1.807) is 0 Å². The van der Waals surface area contributed by atoms with Crippen molar-refractivity contribution in [1.82, 2.24) is 25.6 Å². The summed E-state index contributed by atoms with van der Waals surface area (Å²) in [5.41, 5.74) is 4.44. The Balaban J connectivity index is 1.90. The van der Waals surface area contributed by atoms with Gasteiger partial charge in [0.1, 0.15) is 5.52 Å². The van der Waals surface area contributed by atoms with Gasteiger partial charge in [0, 0.05) is 0 Å². The molecule has 1 aliphatic carbocycles. The lowest BCUT2D eigenvalue weighted by Gasteiger charge is -2.14. The molecule has 0 fully saturated rings. The molecule has 6 heteroatoms. The third-order valence-electron chi connectivity index (χ3n) is 3.39. The Kier molecular flexibility index (Phi) is 1.97. The van der Waals surface area contributed by atoms with Crippen LogP contribution < -0.4 is 0 Å². The molecule has 2 aromatic heterocycles. The molecule has 3 aromatic rings. The van der Waals surface area contributed by atoms with Crippen LogP contribution in [0.2, 0.25) is 0 Å². The summed E-state index contributed by atoms with van der Waals surface area (Å²) in [5.74, 6) is 0.810. The molecule has 1 aromatic carbocycles. The molecule has 1 aliphatic rings. The molecule has 6 nitrogen and oxygen atoms in total. The maximum atomic E-state index is 5.68. The van der Waals surface area contributed by atoms with Gasteiger partial charge < -0.3 is 4.42 Å². The summed E-state index contributed by atoms with van der Waals surface area (Å²) in [6, 6.07) is 4.22. The second-order valence-corrected chi connectivity index (χ2v) is 4.55. The van der Waals surface area contributed by atoms with Crippen molar-refractivity contribution in [2.24, 2.45) is 0 Å². The SMILES string of the molecule is c1c2c(cc3oc(-c4nn[nH]n4)nc13)CCCC2. The van der Waals surface area contributed by atoms with E-state index in [1.165, 1.54) is 24.0 Å². The number of benzene rings is 1. The Hall–Kier alpha value is -2.24. The fourth-order valence-corrected chi connectivity index (χ4v) is 2.50. The predicted molar refractivity (Wildman–Crippen MR) is 63.8 cm³/mol. The summed E-state index contributed by atoms with van der Waals surface area (Å²) in [6.07, 6.45) is 4.78. The molecule has 4 rings (SSSR count). The first-order valence-corrected chi connectivity index (χ1v) is 6.06. The van der Waals surface area contributed by atoms with Crippen molar-refractivity contribution in [2.75, 3.05) is 0 Å². The average molecular weight is 241 g/mol. The van der Waals surface area contributed by atoms with Crippen molar-refractivity contribution in [3.63, 3.8) is 0 Å². The summed E-state index contributed by atoms with van der Waals surface area (Å²) in [5, 5.41) is 13.7. The van der Waals surface area contributed by atoms with E-state index in [-0.39, 0.29) is 0 Å². The van der Waals surface area contributed by atoms with Crippen molar-refractivity contribution < 1.29 is 4.42 Å². The van der Waals surface area contributed by atoms with E-state index in [4.69, 9.17) is 4.42 Å². The van der Waals surface area contributed by atoms with Crippen LogP contribution in [0, 0.1) is 0 Å². The minimum absolute atomic E-state index is 0.393. The lowest BCUT2D eigenvalue weighted by atomic mass is 9.91. The van der Waals surface area contributed by atoms with Crippen LogP contribution in [0.3, 0.4) is 0 Å². The molecule has 18 heavy (non-hydrogen) atoms. The number of H-pyrrole nitrogens is 1. The number of hydrogen-bond donors (Lipinski definition) is 1. The lowest BCUT2D eigenvalue weighted by molar-refractivity contribution is 0.611. The van der Waals surface area contributed by atoms with Crippen LogP contribution in [0.1, 0.15) is 24.0 Å². The summed E-state index contributed by atoms with van der Waals surface area (Å²) in [7, 11) is 0. The maximum absolute atomic E-state index is 5.68. The van der Waals surface area contributed by atoms with Gasteiger partial charge in [-0.2, -0.15) is 5.21 Å².